The second-order valence-electron chi connectivity index (χ2n) is 9.27. The Hall–Kier alpha value is -2.98. The molecule has 0 aromatic heterocycles. The summed E-state index contributed by atoms with van der Waals surface area (Å²) in [4.78, 5) is 25.2. The van der Waals surface area contributed by atoms with Crippen LogP contribution in [0.5, 0.6) is 5.75 Å². The number of unbranched alkanes of at least 4 members (excludes halogenated alkanes) is 4. The number of nitrogens with zero attached hydrogens (tertiary/aromatic N) is 1. The molecule has 1 heterocycles. The van der Waals surface area contributed by atoms with Crippen molar-refractivity contribution in [3.63, 3.8) is 0 Å². The molecule has 0 unspecified atom stereocenters. The van der Waals surface area contributed by atoms with Crippen LogP contribution in [0.4, 0.5) is 10.5 Å². The Kier molecular flexibility index (Phi) is 11.8. The van der Waals surface area contributed by atoms with Gasteiger partial charge in [-0.1, -0.05) is 37.1 Å². The molecule has 202 valence electrons. The van der Waals surface area contributed by atoms with Gasteiger partial charge in [-0.15, -0.1) is 0 Å². The Morgan fingerprint density at radius 1 is 0.973 bits per heavy atom. The maximum atomic E-state index is 12.0. The number of hydrogen-bond donors (Lipinski definition) is 5. The number of carbonyl (C=O) groups excluding carboxylic acids is 2. The number of aliphatic hydroxyl groups excluding tert-OH is 2. The molecular weight excluding hydrogens is 474 g/mol. The van der Waals surface area contributed by atoms with Crippen LogP contribution in [-0.2, 0) is 22.6 Å². The number of aliphatic hydroxyl groups is 2. The van der Waals surface area contributed by atoms with Crippen molar-refractivity contribution in [2.24, 2.45) is 0 Å². The SMILES string of the molecule is O=C1CNC(=O)N1c1ccccc1CCCCOCCCCCCNC[C@H](O)c1ccc(O)c(CO)c1. The van der Waals surface area contributed by atoms with Gasteiger partial charge in [-0.2, -0.15) is 0 Å². The molecule has 1 aliphatic rings. The molecular formula is C28H39N3O6. The minimum atomic E-state index is -0.685. The van der Waals surface area contributed by atoms with Crippen LogP contribution in [0.3, 0.4) is 0 Å². The number of aromatic hydroxyl groups is 1. The highest BCUT2D eigenvalue weighted by atomic mass is 16.5. The number of urea groups is 1. The first kappa shape index (κ1) is 28.6. The van der Waals surface area contributed by atoms with Crippen LogP contribution >= 0.6 is 0 Å². The molecule has 2 aromatic rings. The van der Waals surface area contributed by atoms with Gasteiger partial charge < -0.3 is 30.7 Å². The number of phenols is 1. The predicted molar refractivity (Wildman–Crippen MR) is 141 cm³/mol. The molecule has 5 N–H and O–H groups in total. The summed E-state index contributed by atoms with van der Waals surface area (Å²) < 4.78 is 5.76. The summed E-state index contributed by atoms with van der Waals surface area (Å²) in [5.41, 5.74) is 2.75. The van der Waals surface area contributed by atoms with E-state index in [4.69, 9.17) is 4.74 Å². The van der Waals surface area contributed by atoms with Crippen molar-refractivity contribution in [3.8, 4) is 5.75 Å². The van der Waals surface area contributed by atoms with Crippen molar-refractivity contribution in [2.45, 2.75) is 57.7 Å². The minimum absolute atomic E-state index is 0.0320. The molecule has 3 amide bonds. The minimum Gasteiger partial charge on any atom is -0.508 e. The highest BCUT2D eigenvalue weighted by Crippen LogP contribution is 2.24. The Balaban J connectivity index is 1.18. The van der Waals surface area contributed by atoms with Gasteiger partial charge in [0.05, 0.1) is 24.9 Å². The fraction of sp³-hybridized carbons (Fsp3) is 0.500. The Labute approximate surface area is 218 Å². The lowest BCUT2D eigenvalue weighted by Gasteiger charge is -2.17. The van der Waals surface area contributed by atoms with E-state index < -0.39 is 6.10 Å². The smallest absolute Gasteiger partial charge is 0.329 e. The molecule has 3 rings (SSSR count). The fourth-order valence-electron chi connectivity index (χ4n) is 4.33. The van der Waals surface area contributed by atoms with Gasteiger partial charge in [-0.3, -0.25) is 4.79 Å². The highest BCUT2D eigenvalue weighted by molar-refractivity contribution is 6.20. The number of ether oxygens (including phenoxy) is 1. The van der Waals surface area contributed by atoms with Crippen LogP contribution in [0.25, 0.3) is 0 Å². The zero-order chi connectivity index (χ0) is 26.5. The Bertz CT molecular complexity index is 999. The number of benzene rings is 2. The lowest BCUT2D eigenvalue weighted by molar-refractivity contribution is -0.115. The fourth-order valence-corrected chi connectivity index (χ4v) is 4.33. The summed E-state index contributed by atoms with van der Waals surface area (Å²) in [6, 6.07) is 12.0. The van der Waals surface area contributed by atoms with E-state index >= 15 is 0 Å². The molecule has 0 aliphatic carbocycles. The quantitative estimate of drug-likeness (QED) is 0.162. The summed E-state index contributed by atoms with van der Waals surface area (Å²) in [6.07, 6.45) is 6.13. The number of para-hydroxylation sites is 1. The third-order valence-electron chi connectivity index (χ3n) is 6.45. The van der Waals surface area contributed by atoms with Gasteiger partial charge in [0.1, 0.15) is 5.75 Å². The molecule has 0 saturated carbocycles. The molecule has 37 heavy (non-hydrogen) atoms. The van der Waals surface area contributed by atoms with Gasteiger partial charge in [-0.05, 0) is 68.0 Å². The molecule has 1 saturated heterocycles. The van der Waals surface area contributed by atoms with Gasteiger partial charge in [0.25, 0.3) is 5.91 Å². The van der Waals surface area contributed by atoms with E-state index in [0.717, 1.165) is 63.7 Å². The first-order valence-corrected chi connectivity index (χ1v) is 13.1. The van der Waals surface area contributed by atoms with E-state index in [-0.39, 0.29) is 30.8 Å². The number of rotatable bonds is 17. The van der Waals surface area contributed by atoms with Crippen molar-refractivity contribution < 1.29 is 29.6 Å². The van der Waals surface area contributed by atoms with Gasteiger partial charge in [-0.25, -0.2) is 9.69 Å². The van der Waals surface area contributed by atoms with Crippen LogP contribution in [0.15, 0.2) is 42.5 Å². The third kappa shape index (κ3) is 8.82. The largest absolute Gasteiger partial charge is 0.508 e. The summed E-state index contributed by atoms with van der Waals surface area (Å²) in [5.74, 6) is -0.190. The van der Waals surface area contributed by atoms with E-state index in [2.05, 4.69) is 10.6 Å². The molecule has 1 fully saturated rings. The third-order valence-corrected chi connectivity index (χ3v) is 6.45. The lowest BCUT2D eigenvalue weighted by atomic mass is 10.1. The molecule has 0 radical (unpaired) electrons. The van der Waals surface area contributed by atoms with Gasteiger partial charge in [0.15, 0.2) is 0 Å². The summed E-state index contributed by atoms with van der Waals surface area (Å²) >= 11 is 0. The Morgan fingerprint density at radius 2 is 1.73 bits per heavy atom. The molecule has 9 heteroatoms. The second-order valence-corrected chi connectivity index (χ2v) is 9.27. The van der Waals surface area contributed by atoms with E-state index in [0.29, 0.717) is 30.0 Å². The zero-order valence-electron chi connectivity index (χ0n) is 21.3. The number of imide groups is 1. The van der Waals surface area contributed by atoms with E-state index in [1.54, 1.807) is 12.1 Å². The van der Waals surface area contributed by atoms with Gasteiger partial charge >= 0.3 is 6.03 Å². The van der Waals surface area contributed by atoms with Crippen molar-refractivity contribution in [1.82, 2.24) is 10.6 Å². The van der Waals surface area contributed by atoms with E-state index in [9.17, 15) is 24.9 Å². The molecule has 9 nitrogen and oxygen atoms in total. The summed E-state index contributed by atoms with van der Waals surface area (Å²) in [7, 11) is 0. The van der Waals surface area contributed by atoms with Crippen LogP contribution < -0.4 is 15.5 Å². The average molecular weight is 514 g/mol. The maximum Gasteiger partial charge on any atom is 0.329 e. The lowest BCUT2D eigenvalue weighted by Crippen LogP contribution is -2.31. The standard InChI is InChI=1S/C28H39N3O6/c32-20-23-17-22(12-13-25(23)33)26(34)18-29-14-6-1-2-7-15-37-16-8-5-10-21-9-3-4-11-24(21)31-27(35)19-30-28(31)36/h3-4,9,11-13,17,26,29,32-34H,1-2,5-8,10,14-16,18-20H2,(H,30,36)/t26-/m0/s1. The van der Waals surface area contributed by atoms with E-state index in [1.165, 1.54) is 11.0 Å². The first-order valence-electron chi connectivity index (χ1n) is 13.1. The van der Waals surface area contributed by atoms with Crippen molar-refractivity contribution in [2.75, 3.05) is 37.7 Å². The number of amides is 3. The molecule has 2 aromatic carbocycles. The van der Waals surface area contributed by atoms with Crippen molar-refractivity contribution in [3.05, 3.63) is 59.2 Å². The molecule has 1 aliphatic heterocycles. The van der Waals surface area contributed by atoms with E-state index in [1.807, 2.05) is 24.3 Å². The van der Waals surface area contributed by atoms with Crippen LogP contribution in [-0.4, -0.2) is 60.1 Å². The number of anilines is 1. The number of nitrogens with one attached hydrogen (secondary N) is 2. The number of hydrogen-bond acceptors (Lipinski definition) is 7. The second kappa shape index (κ2) is 15.3. The molecule has 0 spiro atoms. The Morgan fingerprint density at radius 3 is 2.49 bits per heavy atom. The number of aryl methyl sites for hydroxylation is 1. The topological polar surface area (TPSA) is 131 Å². The van der Waals surface area contributed by atoms with Crippen LogP contribution in [0.1, 0.15) is 61.3 Å². The maximum absolute atomic E-state index is 12.0. The molecule has 1 atom stereocenters. The van der Waals surface area contributed by atoms with Crippen LogP contribution in [0.2, 0.25) is 0 Å². The van der Waals surface area contributed by atoms with Gasteiger partial charge in [0.2, 0.25) is 0 Å². The average Bonchev–Trinajstić information content (AvgIpc) is 3.24. The molecule has 0 bridgehead atoms. The van der Waals surface area contributed by atoms with Gasteiger partial charge in [0, 0.05) is 25.3 Å². The highest BCUT2D eigenvalue weighted by Gasteiger charge is 2.31. The van der Waals surface area contributed by atoms with Crippen LogP contribution in [0, 0.1) is 0 Å². The predicted octanol–water partition coefficient (Wildman–Crippen LogP) is 3.16. The van der Waals surface area contributed by atoms with Crippen molar-refractivity contribution in [1.29, 1.82) is 0 Å². The number of carbonyl (C=O) groups is 2. The normalized spacial score (nSPS) is 14.3. The zero-order valence-corrected chi connectivity index (χ0v) is 21.3. The first-order chi connectivity index (χ1) is 18.0. The summed E-state index contributed by atoms with van der Waals surface area (Å²) in [6.45, 7) is 2.45. The van der Waals surface area contributed by atoms with Crippen molar-refractivity contribution >= 4 is 17.6 Å². The summed E-state index contributed by atoms with van der Waals surface area (Å²) in [5, 5.41) is 34.9. The monoisotopic (exact) mass is 513 g/mol.